The molecule has 0 radical (unpaired) electrons. The zero-order chi connectivity index (χ0) is 26.9. The Labute approximate surface area is 221 Å². The predicted molar refractivity (Wildman–Crippen MR) is 142 cm³/mol. The van der Waals surface area contributed by atoms with Crippen molar-refractivity contribution in [3.8, 4) is 5.75 Å². The Kier molecular flexibility index (Phi) is 7.05. The number of hydrogen-bond acceptors (Lipinski definition) is 7. The smallest absolute Gasteiger partial charge is 0.296 e. The Morgan fingerprint density at radius 1 is 1.08 bits per heavy atom. The van der Waals surface area contributed by atoms with Crippen LogP contribution in [0.5, 0.6) is 5.75 Å². The van der Waals surface area contributed by atoms with Crippen LogP contribution < -0.4 is 9.64 Å². The molecule has 1 spiro atoms. The van der Waals surface area contributed by atoms with Crippen LogP contribution in [0.25, 0.3) is 5.76 Å². The average molecular weight is 518 g/mol. The van der Waals surface area contributed by atoms with Crippen LogP contribution in [0, 0.1) is 0 Å². The molecule has 3 aliphatic heterocycles. The van der Waals surface area contributed by atoms with Crippen molar-refractivity contribution in [2.24, 2.45) is 0 Å². The van der Waals surface area contributed by atoms with Crippen LogP contribution in [0.3, 0.4) is 0 Å². The quantitative estimate of drug-likeness (QED) is 0.249. The first-order valence-electron chi connectivity index (χ1n) is 12.7. The number of methoxy groups -OCH3 is 1. The minimum absolute atomic E-state index is 0.170. The lowest BCUT2D eigenvalue weighted by Gasteiger charge is -2.35. The van der Waals surface area contributed by atoms with E-state index in [0.29, 0.717) is 48.7 Å². The summed E-state index contributed by atoms with van der Waals surface area (Å²) in [5.41, 5.74) is -0.611. The molecular weight excluding hydrogens is 486 g/mol. The van der Waals surface area contributed by atoms with Gasteiger partial charge in [0.1, 0.15) is 11.5 Å². The summed E-state index contributed by atoms with van der Waals surface area (Å²) in [7, 11) is 1.53. The van der Waals surface area contributed by atoms with Gasteiger partial charge in [-0.3, -0.25) is 19.3 Å². The Morgan fingerprint density at radius 2 is 1.79 bits per heavy atom. The molecule has 3 aliphatic rings. The summed E-state index contributed by atoms with van der Waals surface area (Å²) in [5.74, 6) is -1.97. The maximum atomic E-state index is 14.3. The Bertz CT molecular complexity index is 1300. The number of para-hydroxylation sites is 1. The van der Waals surface area contributed by atoms with Gasteiger partial charge in [0, 0.05) is 43.9 Å². The number of nitrogens with zero attached hydrogens (tertiary/aromatic N) is 3. The number of Topliss-reactive ketones (excluding diaryl/α,β-unsaturated/α-hetero) is 1. The zero-order valence-corrected chi connectivity index (χ0v) is 21.4. The van der Waals surface area contributed by atoms with Gasteiger partial charge in [-0.05, 0) is 36.8 Å². The number of hydrogen-bond donors (Lipinski definition) is 1. The van der Waals surface area contributed by atoms with Gasteiger partial charge in [-0.2, -0.15) is 0 Å². The van der Waals surface area contributed by atoms with Crippen molar-refractivity contribution in [1.82, 2.24) is 9.80 Å². The third kappa shape index (κ3) is 3.99. The zero-order valence-electron chi connectivity index (χ0n) is 21.4. The number of aliphatic hydroxyl groups excluding tert-OH is 1. The number of carbonyl (C=O) groups is 3. The number of fused-ring (bicyclic) bond motifs is 2. The van der Waals surface area contributed by atoms with Gasteiger partial charge in [0.2, 0.25) is 0 Å². The van der Waals surface area contributed by atoms with E-state index in [1.165, 1.54) is 16.9 Å². The minimum atomic E-state index is -1.78. The molecule has 2 aromatic carbocycles. The van der Waals surface area contributed by atoms with E-state index in [-0.39, 0.29) is 18.7 Å². The van der Waals surface area contributed by atoms with E-state index in [1.807, 2.05) is 0 Å². The lowest BCUT2D eigenvalue weighted by Crippen LogP contribution is -2.52. The molecule has 5 rings (SSSR count). The molecule has 2 saturated heterocycles. The standard InChI is InChI=1S/C29H31N3O6/c1-3-13-31-23-8-5-4-7-22(23)29(28(31)36)24(25(33)20-9-11-21(37-2)12-10-20)26(34)27(35)32(29)15-6-14-30-16-18-38-19-17-30/h3-5,7-12,33H,1,6,13-19H2,2H3/b25-24-. The largest absolute Gasteiger partial charge is 0.507 e. The van der Waals surface area contributed by atoms with Gasteiger partial charge in [0.25, 0.3) is 17.6 Å². The summed E-state index contributed by atoms with van der Waals surface area (Å²) in [6.45, 7) is 7.71. The number of ketones is 1. The van der Waals surface area contributed by atoms with Crippen molar-refractivity contribution in [3.05, 3.63) is 77.9 Å². The monoisotopic (exact) mass is 517 g/mol. The van der Waals surface area contributed by atoms with Crippen molar-refractivity contribution in [2.45, 2.75) is 12.0 Å². The van der Waals surface area contributed by atoms with Crippen LogP contribution >= 0.6 is 0 Å². The number of aliphatic hydroxyl groups is 1. The summed E-state index contributed by atoms with van der Waals surface area (Å²) in [5, 5.41) is 11.5. The highest BCUT2D eigenvalue weighted by Crippen LogP contribution is 2.53. The van der Waals surface area contributed by atoms with Crippen LogP contribution in [0.15, 0.2) is 66.8 Å². The molecule has 0 saturated carbocycles. The molecule has 3 heterocycles. The van der Waals surface area contributed by atoms with E-state index < -0.39 is 28.9 Å². The van der Waals surface area contributed by atoms with E-state index in [0.717, 1.165) is 13.1 Å². The molecule has 9 nitrogen and oxygen atoms in total. The molecule has 1 N–H and O–H groups in total. The van der Waals surface area contributed by atoms with Crippen molar-refractivity contribution < 1.29 is 29.0 Å². The third-order valence-corrected chi connectivity index (χ3v) is 7.44. The summed E-state index contributed by atoms with van der Waals surface area (Å²) in [6.07, 6.45) is 2.15. The average Bonchev–Trinajstić information content (AvgIpc) is 3.32. The highest BCUT2D eigenvalue weighted by atomic mass is 16.5. The van der Waals surface area contributed by atoms with Gasteiger partial charge in [-0.15, -0.1) is 6.58 Å². The lowest BCUT2D eigenvalue weighted by molar-refractivity contribution is -0.143. The van der Waals surface area contributed by atoms with Crippen LogP contribution in [0.2, 0.25) is 0 Å². The third-order valence-electron chi connectivity index (χ3n) is 7.44. The summed E-state index contributed by atoms with van der Waals surface area (Å²) in [4.78, 5) is 46.7. The first-order chi connectivity index (χ1) is 18.4. The molecule has 0 bridgehead atoms. The second-order valence-corrected chi connectivity index (χ2v) is 9.48. The molecule has 1 unspecified atom stereocenters. The van der Waals surface area contributed by atoms with Crippen LogP contribution in [0.1, 0.15) is 17.5 Å². The minimum Gasteiger partial charge on any atom is -0.507 e. The van der Waals surface area contributed by atoms with Crippen LogP contribution in [-0.2, 0) is 24.7 Å². The summed E-state index contributed by atoms with van der Waals surface area (Å²) in [6, 6.07) is 13.6. The van der Waals surface area contributed by atoms with Crippen molar-refractivity contribution in [1.29, 1.82) is 0 Å². The number of morpholine rings is 1. The van der Waals surface area contributed by atoms with E-state index in [2.05, 4.69) is 11.5 Å². The van der Waals surface area contributed by atoms with Crippen LogP contribution in [0.4, 0.5) is 5.69 Å². The highest BCUT2D eigenvalue weighted by Gasteiger charge is 2.66. The molecule has 2 aromatic rings. The normalized spacial score (nSPS) is 22.8. The first-order valence-corrected chi connectivity index (χ1v) is 12.7. The lowest BCUT2D eigenvalue weighted by atomic mass is 9.82. The van der Waals surface area contributed by atoms with Crippen molar-refractivity contribution in [2.75, 3.05) is 57.9 Å². The molecule has 1 atom stereocenters. The SMILES string of the molecule is C=CCN1C(=O)C2(/C(=C(\O)c3ccc(OC)cc3)C(=O)C(=O)N2CCCN2CCOCC2)c2ccccc21. The molecule has 2 amide bonds. The van der Waals surface area contributed by atoms with Gasteiger partial charge >= 0.3 is 0 Å². The maximum absolute atomic E-state index is 14.3. The number of ether oxygens (including phenoxy) is 2. The second kappa shape index (κ2) is 10.4. The van der Waals surface area contributed by atoms with Crippen LogP contribution in [-0.4, -0.2) is 85.6 Å². The fourth-order valence-electron chi connectivity index (χ4n) is 5.65. The van der Waals surface area contributed by atoms with Crippen molar-refractivity contribution in [3.63, 3.8) is 0 Å². The predicted octanol–water partition coefficient (Wildman–Crippen LogP) is 2.53. The molecule has 2 fully saturated rings. The van der Waals surface area contributed by atoms with Gasteiger partial charge in [-0.1, -0.05) is 24.3 Å². The highest BCUT2D eigenvalue weighted by molar-refractivity contribution is 6.50. The fraction of sp³-hybridized carbons (Fsp3) is 0.345. The molecule has 0 aliphatic carbocycles. The van der Waals surface area contributed by atoms with E-state index in [1.54, 1.807) is 54.6 Å². The van der Waals surface area contributed by atoms with Crippen molar-refractivity contribution >= 4 is 29.0 Å². The van der Waals surface area contributed by atoms with E-state index >= 15 is 0 Å². The van der Waals surface area contributed by atoms with E-state index in [4.69, 9.17) is 9.47 Å². The Hall–Kier alpha value is -3.95. The van der Waals surface area contributed by atoms with Gasteiger partial charge in [0.05, 0.1) is 31.6 Å². The summed E-state index contributed by atoms with van der Waals surface area (Å²) < 4.78 is 10.6. The fourth-order valence-corrected chi connectivity index (χ4v) is 5.65. The Balaban J connectivity index is 1.64. The number of carbonyl (C=O) groups excluding carboxylic acids is 3. The topological polar surface area (TPSA) is 99.6 Å². The number of benzene rings is 2. The first kappa shape index (κ1) is 25.7. The number of rotatable bonds is 8. The molecule has 0 aromatic heterocycles. The number of anilines is 1. The summed E-state index contributed by atoms with van der Waals surface area (Å²) >= 11 is 0. The van der Waals surface area contributed by atoms with Gasteiger partial charge in [-0.25, -0.2) is 0 Å². The number of likely N-dealkylation sites (tertiary alicyclic amines) is 1. The Morgan fingerprint density at radius 3 is 2.47 bits per heavy atom. The van der Waals surface area contributed by atoms with Gasteiger partial charge < -0.3 is 24.4 Å². The number of amides is 2. The molecule has 9 heteroatoms. The molecule has 198 valence electrons. The van der Waals surface area contributed by atoms with Gasteiger partial charge in [0.15, 0.2) is 5.54 Å². The molecule has 38 heavy (non-hydrogen) atoms. The second-order valence-electron chi connectivity index (χ2n) is 9.48. The van der Waals surface area contributed by atoms with E-state index in [9.17, 15) is 19.5 Å². The molecular formula is C29H31N3O6. The maximum Gasteiger partial charge on any atom is 0.296 e.